The number of anilines is 2. The molecule has 7 nitrogen and oxygen atoms in total. The lowest BCUT2D eigenvalue weighted by atomic mass is 10.1. The van der Waals surface area contributed by atoms with E-state index in [-0.39, 0.29) is 17.5 Å². The van der Waals surface area contributed by atoms with Crippen molar-refractivity contribution >= 4 is 28.9 Å². The van der Waals surface area contributed by atoms with Gasteiger partial charge in [0.1, 0.15) is 6.17 Å². The lowest BCUT2D eigenvalue weighted by molar-refractivity contribution is -0.385. The summed E-state index contributed by atoms with van der Waals surface area (Å²) in [5.41, 5.74) is 1.28. The molecule has 2 aromatic rings. The SMILES string of the molecule is CC(=O)N1c2ccccc2N(C(C)=O)C1c1ccccc1[N+](=O)[O-]. The number of nitrogens with zero attached hydrogens (tertiary/aromatic N) is 3. The second kappa shape index (κ2) is 5.77. The smallest absolute Gasteiger partial charge is 0.276 e. The summed E-state index contributed by atoms with van der Waals surface area (Å²) in [5, 5.41) is 11.4. The van der Waals surface area contributed by atoms with Crippen LogP contribution in [0.5, 0.6) is 0 Å². The maximum atomic E-state index is 12.3. The Morgan fingerprint density at radius 3 is 1.83 bits per heavy atom. The number of nitro groups is 1. The Hall–Kier alpha value is -3.22. The van der Waals surface area contributed by atoms with Crippen LogP contribution >= 0.6 is 0 Å². The minimum atomic E-state index is -0.876. The molecule has 24 heavy (non-hydrogen) atoms. The van der Waals surface area contributed by atoms with Gasteiger partial charge in [-0.15, -0.1) is 0 Å². The van der Waals surface area contributed by atoms with E-state index < -0.39 is 11.1 Å². The number of hydrogen-bond acceptors (Lipinski definition) is 4. The first kappa shape index (κ1) is 15.7. The first-order valence-corrected chi connectivity index (χ1v) is 7.35. The van der Waals surface area contributed by atoms with Crippen molar-refractivity contribution in [2.45, 2.75) is 20.0 Å². The Morgan fingerprint density at radius 2 is 1.38 bits per heavy atom. The highest BCUT2D eigenvalue weighted by atomic mass is 16.6. The van der Waals surface area contributed by atoms with Crippen molar-refractivity contribution in [2.24, 2.45) is 0 Å². The number of amides is 2. The lowest BCUT2D eigenvalue weighted by Crippen LogP contribution is -2.40. The molecule has 2 aromatic carbocycles. The van der Waals surface area contributed by atoms with Gasteiger partial charge in [-0.25, -0.2) is 0 Å². The van der Waals surface area contributed by atoms with Crippen LogP contribution in [-0.2, 0) is 9.59 Å². The predicted molar refractivity (Wildman–Crippen MR) is 88.6 cm³/mol. The van der Waals surface area contributed by atoms with E-state index >= 15 is 0 Å². The number of carbonyl (C=O) groups is 2. The van der Waals surface area contributed by atoms with Gasteiger partial charge in [-0.05, 0) is 18.2 Å². The zero-order valence-corrected chi connectivity index (χ0v) is 13.2. The van der Waals surface area contributed by atoms with Crippen LogP contribution < -0.4 is 9.80 Å². The Bertz CT molecular complexity index is 808. The molecule has 2 amide bonds. The molecule has 3 rings (SSSR count). The summed E-state index contributed by atoms with van der Waals surface area (Å²) in [5.74, 6) is -0.594. The van der Waals surface area contributed by atoms with E-state index in [1.165, 1.54) is 29.7 Å². The van der Waals surface area contributed by atoms with Crippen LogP contribution in [0.2, 0.25) is 0 Å². The van der Waals surface area contributed by atoms with Crippen LogP contribution in [-0.4, -0.2) is 16.7 Å². The zero-order chi connectivity index (χ0) is 17.4. The van der Waals surface area contributed by atoms with Crippen molar-refractivity contribution in [1.29, 1.82) is 0 Å². The van der Waals surface area contributed by atoms with Crippen LogP contribution in [0.4, 0.5) is 17.1 Å². The second-order valence-electron chi connectivity index (χ2n) is 5.46. The second-order valence-corrected chi connectivity index (χ2v) is 5.46. The van der Waals surface area contributed by atoms with Gasteiger partial charge in [-0.2, -0.15) is 0 Å². The average Bonchev–Trinajstić information content (AvgIpc) is 2.90. The molecule has 0 saturated heterocycles. The first-order valence-electron chi connectivity index (χ1n) is 7.35. The molecule has 0 saturated carbocycles. The maximum Gasteiger partial charge on any atom is 0.276 e. The van der Waals surface area contributed by atoms with Crippen LogP contribution in [0.15, 0.2) is 48.5 Å². The number of para-hydroxylation sites is 3. The third-order valence-electron chi connectivity index (χ3n) is 3.98. The largest absolute Gasteiger partial charge is 0.285 e. The molecule has 7 heteroatoms. The summed E-state index contributed by atoms with van der Waals surface area (Å²) in [6.45, 7) is 2.75. The lowest BCUT2D eigenvalue weighted by Gasteiger charge is -2.29. The van der Waals surface area contributed by atoms with Gasteiger partial charge in [0.25, 0.3) is 5.69 Å². The van der Waals surface area contributed by atoms with E-state index in [2.05, 4.69) is 0 Å². The van der Waals surface area contributed by atoms with Crippen molar-refractivity contribution in [2.75, 3.05) is 9.80 Å². The highest BCUT2D eigenvalue weighted by molar-refractivity contribution is 6.07. The standard InChI is InChI=1S/C17H15N3O4/c1-11(21)18-15-9-5-6-10-16(15)19(12(2)22)17(18)13-7-3-4-8-14(13)20(23)24/h3-10,17H,1-2H3. The normalized spacial score (nSPS) is 13.8. The third kappa shape index (κ3) is 2.30. The fraction of sp³-hybridized carbons (Fsp3) is 0.176. The van der Waals surface area contributed by atoms with Gasteiger partial charge in [0, 0.05) is 19.9 Å². The van der Waals surface area contributed by atoms with Crippen molar-refractivity contribution in [3.05, 3.63) is 64.2 Å². The van der Waals surface area contributed by atoms with E-state index in [4.69, 9.17) is 0 Å². The van der Waals surface area contributed by atoms with Gasteiger partial charge in [0.05, 0.1) is 21.9 Å². The Morgan fingerprint density at radius 1 is 0.917 bits per heavy atom. The monoisotopic (exact) mass is 325 g/mol. The molecule has 1 heterocycles. The fourth-order valence-electron chi connectivity index (χ4n) is 3.08. The molecule has 0 aliphatic carbocycles. The molecule has 0 atom stereocenters. The van der Waals surface area contributed by atoms with Gasteiger partial charge in [-0.1, -0.05) is 24.3 Å². The minimum Gasteiger partial charge on any atom is -0.285 e. The van der Waals surface area contributed by atoms with Crippen molar-refractivity contribution in [3.63, 3.8) is 0 Å². The van der Waals surface area contributed by atoms with E-state index in [0.29, 0.717) is 16.9 Å². The van der Waals surface area contributed by atoms with E-state index in [0.717, 1.165) is 0 Å². The van der Waals surface area contributed by atoms with Crippen molar-refractivity contribution in [3.8, 4) is 0 Å². The zero-order valence-electron chi connectivity index (χ0n) is 13.2. The van der Waals surface area contributed by atoms with Gasteiger partial charge in [0.2, 0.25) is 11.8 Å². The quantitative estimate of drug-likeness (QED) is 0.627. The van der Waals surface area contributed by atoms with Crippen molar-refractivity contribution < 1.29 is 14.5 Å². The molecule has 0 radical (unpaired) electrons. The predicted octanol–water partition coefficient (Wildman–Crippen LogP) is 3.01. The van der Waals surface area contributed by atoms with Crippen LogP contribution in [0, 0.1) is 10.1 Å². The van der Waals surface area contributed by atoms with Gasteiger partial charge in [0.15, 0.2) is 0 Å². The summed E-state index contributed by atoms with van der Waals surface area (Å²) < 4.78 is 0. The first-order chi connectivity index (χ1) is 11.4. The molecule has 0 bridgehead atoms. The molecule has 0 aromatic heterocycles. The number of nitro benzene ring substituents is 1. The van der Waals surface area contributed by atoms with Crippen molar-refractivity contribution in [1.82, 2.24) is 0 Å². The summed E-state index contributed by atoms with van der Waals surface area (Å²) in [4.78, 5) is 38.2. The van der Waals surface area contributed by atoms with Crippen LogP contribution in [0.25, 0.3) is 0 Å². The number of hydrogen-bond donors (Lipinski definition) is 0. The molecule has 0 N–H and O–H groups in total. The average molecular weight is 325 g/mol. The molecule has 122 valence electrons. The topological polar surface area (TPSA) is 83.8 Å². The maximum absolute atomic E-state index is 12.3. The Kier molecular flexibility index (Phi) is 3.76. The van der Waals surface area contributed by atoms with Crippen LogP contribution in [0.3, 0.4) is 0 Å². The molecular weight excluding hydrogens is 310 g/mol. The fourth-order valence-corrected chi connectivity index (χ4v) is 3.08. The summed E-state index contributed by atoms with van der Waals surface area (Å²) in [7, 11) is 0. The third-order valence-corrected chi connectivity index (χ3v) is 3.98. The molecule has 0 unspecified atom stereocenters. The molecule has 0 spiro atoms. The van der Waals surface area contributed by atoms with Gasteiger partial charge >= 0.3 is 0 Å². The summed E-state index contributed by atoms with van der Waals surface area (Å²) in [6.07, 6.45) is -0.876. The molecule has 0 fully saturated rings. The molecule has 1 aliphatic heterocycles. The Balaban J connectivity index is 2.27. The summed E-state index contributed by atoms with van der Waals surface area (Å²) in [6, 6.07) is 13.1. The molecule has 1 aliphatic rings. The van der Waals surface area contributed by atoms with Gasteiger partial charge in [-0.3, -0.25) is 29.5 Å². The number of benzene rings is 2. The number of carbonyl (C=O) groups excluding carboxylic acids is 2. The Labute approximate surface area is 138 Å². The number of rotatable bonds is 2. The van der Waals surface area contributed by atoms with Crippen LogP contribution in [0.1, 0.15) is 25.6 Å². The molecular formula is C17H15N3O4. The summed E-state index contributed by atoms with van der Waals surface area (Å²) >= 11 is 0. The van der Waals surface area contributed by atoms with E-state index in [9.17, 15) is 19.7 Å². The highest BCUT2D eigenvalue weighted by Crippen LogP contribution is 2.47. The van der Waals surface area contributed by atoms with E-state index in [1.807, 2.05) is 0 Å². The van der Waals surface area contributed by atoms with Gasteiger partial charge < -0.3 is 0 Å². The minimum absolute atomic E-state index is 0.132. The highest BCUT2D eigenvalue weighted by Gasteiger charge is 2.43. The number of fused-ring (bicyclic) bond motifs is 1. The van der Waals surface area contributed by atoms with E-state index in [1.54, 1.807) is 42.5 Å².